The van der Waals surface area contributed by atoms with Crippen LogP contribution in [0.5, 0.6) is 0 Å². The number of nitrogens with zero attached hydrogens (tertiary/aromatic N) is 1. The molecule has 11 heteroatoms. The monoisotopic (exact) mass is 443 g/mol. The van der Waals surface area contributed by atoms with Crippen LogP contribution < -0.4 is 10.6 Å². The Morgan fingerprint density at radius 2 is 1.43 bits per heavy atom. The van der Waals surface area contributed by atoms with Crippen molar-refractivity contribution in [1.82, 2.24) is 4.31 Å². The number of anilines is 2. The van der Waals surface area contributed by atoms with E-state index in [1.54, 1.807) is 12.1 Å². The van der Waals surface area contributed by atoms with E-state index in [1.165, 1.54) is 26.0 Å². The highest BCUT2D eigenvalue weighted by Gasteiger charge is 2.31. The minimum atomic E-state index is -4.58. The minimum Gasteiger partial charge on any atom is -0.326 e. The van der Waals surface area contributed by atoms with E-state index in [0.717, 1.165) is 16.4 Å². The van der Waals surface area contributed by atoms with Gasteiger partial charge in [0.1, 0.15) is 0 Å². The first-order valence-electron chi connectivity index (χ1n) is 8.78. The van der Waals surface area contributed by atoms with Crippen molar-refractivity contribution in [2.75, 3.05) is 23.7 Å². The maximum absolute atomic E-state index is 12.7. The van der Waals surface area contributed by atoms with Gasteiger partial charge in [0.2, 0.25) is 21.8 Å². The number of hydrogen-bond acceptors (Lipinski definition) is 4. The summed E-state index contributed by atoms with van der Waals surface area (Å²) in [6.45, 7) is 2.29. The molecule has 0 saturated carbocycles. The van der Waals surface area contributed by atoms with Gasteiger partial charge in [-0.25, -0.2) is 8.42 Å². The van der Waals surface area contributed by atoms with Gasteiger partial charge in [-0.05, 0) is 48.5 Å². The fourth-order valence-corrected chi connectivity index (χ4v) is 3.94. The van der Waals surface area contributed by atoms with Crippen LogP contribution in [-0.2, 0) is 25.8 Å². The third-order valence-electron chi connectivity index (χ3n) is 3.98. The van der Waals surface area contributed by atoms with Crippen LogP contribution in [0.1, 0.15) is 19.4 Å². The van der Waals surface area contributed by atoms with Crippen molar-refractivity contribution in [3.63, 3.8) is 0 Å². The SMILES string of the molecule is CCN(CC(=O)Nc1ccc(NC(C)=O)cc1)S(=O)(=O)c1ccc(C(F)(F)F)cc1. The summed E-state index contributed by atoms with van der Waals surface area (Å²) in [6, 6.07) is 9.27. The van der Waals surface area contributed by atoms with Crippen LogP contribution in [-0.4, -0.2) is 37.6 Å². The van der Waals surface area contributed by atoms with Gasteiger partial charge in [0.05, 0.1) is 17.0 Å². The largest absolute Gasteiger partial charge is 0.416 e. The molecule has 2 rings (SSSR count). The molecular formula is C19H20F3N3O4S. The first-order chi connectivity index (χ1) is 13.9. The lowest BCUT2D eigenvalue weighted by atomic mass is 10.2. The Labute approximate surface area is 171 Å². The summed E-state index contributed by atoms with van der Waals surface area (Å²) in [5.41, 5.74) is -0.0531. The topological polar surface area (TPSA) is 95.6 Å². The van der Waals surface area contributed by atoms with Crippen LogP contribution in [0.2, 0.25) is 0 Å². The summed E-state index contributed by atoms with van der Waals surface area (Å²) in [5, 5.41) is 5.10. The Bertz CT molecular complexity index is 1000. The molecule has 7 nitrogen and oxygen atoms in total. The highest BCUT2D eigenvalue weighted by atomic mass is 32.2. The van der Waals surface area contributed by atoms with Gasteiger partial charge in [-0.1, -0.05) is 6.92 Å². The molecule has 30 heavy (non-hydrogen) atoms. The molecule has 0 aliphatic rings. The maximum atomic E-state index is 12.7. The van der Waals surface area contributed by atoms with Crippen molar-refractivity contribution in [1.29, 1.82) is 0 Å². The molecular weight excluding hydrogens is 423 g/mol. The first kappa shape index (κ1) is 23.4. The van der Waals surface area contributed by atoms with E-state index >= 15 is 0 Å². The van der Waals surface area contributed by atoms with Gasteiger partial charge in [0.25, 0.3) is 0 Å². The molecule has 0 radical (unpaired) electrons. The van der Waals surface area contributed by atoms with Gasteiger partial charge < -0.3 is 10.6 Å². The van der Waals surface area contributed by atoms with E-state index < -0.39 is 34.2 Å². The molecule has 0 unspecified atom stereocenters. The zero-order valence-electron chi connectivity index (χ0n) is 16.2. The van der Waals surface area contributed by atoms with Crippen molar-refractivity contribution in [2.45, 2.75) is 24.9 Å². The highest BCUT2D eigenvalue weighted by molar-refractivity contribution is 7.89. The molecule has 0 atom stereocenters. The number of benzene rings is 2. The van der Waals surface area contributed by atoms with Gasteiger partial charge in [-0.15, -0.1) is 0 Å². The lowest BCUT2D eigenvalue weighted by Gasteiger charge is -2.20. The van der Waals surface area contributed by atoms with Crippen LogP contribution >= 0.6 is 0 Å². The van der Waals surface area contributed by atoms with Crippen LogP contribution in [0, 0.1) is 0 Å². The number of carbonyl (C=O) groups excluding carboxylic acids is 2. The minimum absolute atomic E-state index is 0.0573. The Morgan fingerprint density at radius 1 is 0.933 bits per heavy atom. The van der Waals surface area contributed by atoms with E-state index in [-0.39, 0.29) is 17.3 Å². The molecule has 2 aromatic carbocycles. The second-order valence-corrected chi connectivity index (χ2v) is 8.20. The second-order valence-electron chi connectivity index (χ2n) is 6.26. The molecule has 0 aliphatic heterocycles. The van der Waals surface area contributed by atoms with Crippen LogP contribution in [0.15, 0.2) is 53.4 Å². The van der Waals surface area contributed by atoms with Crippen LogP contribution in [0.25, 0.3) is 0 Å². The van der Waals surface area contributed by atoms with E-state index in [2.05, 4.69) is 10.6 Å². The fraction of sp³-hybridized carbons (Fsp3) is 0.263. The number of rotatable bonds is 7. The molecule has 0 spiro atoms. The zero-order valence-corrected chi connectivity index (χ0v) is 17.0. The second kappa shape index (κ2) is 9.26. The number of amides is 2. The van der Waals surface area contributed by atoms with Gasteiger partial charge >= 0.3 is 6.18 Å². The normalized spacial score (nSPS) is 11.9. The summed E-state index contributed by atoms with van der Waals surface area (Å²) in [5.74, 6) is -0.876. The fourth-order valence-electron chi connectivity index (χ4n) is 2.53. The van der Waals surface area contributed by atoms with E-state index in [1.807, 2.05) is 0 Å². The summed E-state index contributed by atoms with van der Waals surface area (Å²) in [7, 11) is -4.16. The number of alkyl halides is 3. The summed E-state index contributed by atoms with van der Waals surface area (Å²) < 4.78 is 64.2. The van der Waals surface area contributed by atoms with Crippen molar-refractivity contribution < 1.29 is 31.2 Å². The molecule has 2 N–H and O–H groups in total. The Morgan fingerprint density at radius 3 is 1.87 bits per heavy atom. The van der Waals surface area contributed by atoms with Crippen LogP contribution in [0.4, 0.5) is 24.5 Å². The summed E-state index contributed by atoms with van der Waals surface area (Å²) in [4.78, 5) is 22.9. The third-order valence-corrected chi connectivity index (χ3v) is 5.92. The average Bonchev–Trinajstić information content (AvgIpc) is 2.66. The van der Waals surface area contributed by atoms with Gasteiger partial charge in [0, 0.05) is 24.8 Å². The van der Waals surface area contributed by atoms with Crippen molar-refractivity contribution in [3.05, 3.63) is 54.1 Å². The highest BCUT2D eigenvalue weighted by Crippen LogP contribution is 2.30. The summed E-state index contributed by atoms with van der Waals surface area (Å²) >= 11 is 0. The molecule has 162 valence electrons. The van der Waals surface area contributed by atoms with E-state index in [4.69, 9.17) is 0 Å². The predicted octanol–water partition coefficient (Wildman–Crippen LogP) is 3.31. The number of halogens is 3. The van der Waals surface area contributed by atoms with Crippen molar-refractivity contribution in [2.24, 2.45) is 0 Å². The van der Waals surface area contributed by atoms with Crippen molar-refractivity contribution >= 4 is 33.2 Å². The molecule has 0 saturated heterocycles. The molecule has 0 fully saturated rings. The molecule has 2 aromatic rings. The molecule has 0 heterocycles. The quantitative estimate of drug-likeness (QED) is 0.686. The third kappa shape index (κ3) is 6.04. The molecule has 0 aliphatic carbocycles. The zero-order chi connectivity index (χ0) is 22.5. The lowest BCUT2D eigenvalue weighted by Crippen LogP contribution is -2.37. The average molecular weight is 443 g/mol. The number of hydrogen-bond donors (Lipinski definition) is 2. The van der Waals surface area contributed by atoms with E-state index in [0.29, 0.717) is 23.5 Å². The number of nitrogens with one attached hydrogen (secondary N) is 2. The molecule has 0 aromatic heterocycles. The Hall–Kier alpha value is -2.92. The number of carbonyl (C=O) groups is 2. The maximum Gasteiger partial charge on any atom is 0.416 e. The first-order valence-corrected chi connectivity index (χ1v) is 10.2. The molecule has 0 bridgehead atoms. The van der Waals surface area contributed by atoms with Crippen molar-refractivity contribution in [3.8, 4) is 0 Å². The lowest BCUT2D eigenvalue weighted by molar-refractivity contribution is -0.137. The predicted molar refractivity (Wildman–Crippen MR) is 105 cm³/mol. The van der Waals surface area contributed by atoms with Crippen LogP contribution in [0.3, 0.4) is 0 Å². The van der Waals surface area contributed by atoms with Gasteiger partial charge in [-0.2, -0.15) is 17.5 Å². The van der Waals surface area contributed by atoms with E-state index in [9.17, 15) is 31.2 Å². The van der Waals surface area contributed by atoms with Gasteiger partial charge in [0.15, 0.2) is 0 Å². The van der Waals surface area contributed by atoms with Gasteiger partial charge in [-0.3, -0.25) is 9.59 Å². The Kier molecular flexibility index (Phi) is 7.21. The Balaban J connectivity index is 2.09. The summed E-state index contributed by atoms with van der Waals surface area (Å²) in [6.07, 6.45) is -4.58. The number of sulfonamides is 1. The standard InChI is InChI=1S/C19H20F3N3O4S/c1-3-25(30(28,29)17-10-4-14(5-11-17)19(20,21)22)12-18(27)24-16-8-6-15(7-9-16)23-13(2)26/h4-11H,3,12H2,1-2H3,(H,23,26)(H,24,27). The smallest absolute Gasteiger partial charge is 0.326 e. The number of likely N-dealkylation sites (N-methyl/N-ethyl adjacent to an activating group) is 1. The molecule has 2 amide bonds.